The molecule has 0 atom stereocenters. The normalized spacial score (nSPS) is 11.9. The predicted molar refractivity (Wildman–Crippen MR) is 115 cm³/mol. The Kier molecular flexibility index (Phi) is 5.68. The van der Waals surface area contributed by atoms with Gasteiger partial charge in [0.1, 0.15) is 11.6 Å². The van der Waals surface area contributed by atoms with E-state index in [1.54, 1.807) is 36.4 Å². The monoisotopic (exact) mass is 391 g/mol. The van der Waals surface area contributed by atoms with E-state index in [1.165, 1.54) is 0 Å². The van der Waals surface area contributed by atoms with Crippen molar-refractivity contribution in [2.45, 2.75) is 33.2 Å². The van der Waals surface area contributed by atoms with Gasteiger partial charge in [-0.15, -0.1) is 0 Å². The van der Waals surface area contributed by atoms with Gasteiger partial charge in [0.05, 0.1) is 5.69 Å². The minimum absolute atomic E-state index is 0.167. The zero-order valence-electron chi connectivity index (χ0n) is 16.9. The summed E-state index contributed by atoms with van der Waals surface area (Å²) in [5, 5.41) is 23.1. The molecule has 0 bridgehead atoms. The van der Waals surface area contributed by atoms with E-state index < -0.39 is 0 Å². The Morgan fingerprint density at radius 2 is 1.83 bits per heavy atom. The van der Waals surface area contributed by atoms with Gasteiger partial charge in [-0.1, -0.05) is 29.8 Å². The zero-order chi connectivity index (χ0) is 21.0. The number of amides is 1. The molecular weight excluding hydrogens is 366 g/mol. The Balaban J connectivity index is 1.84. The van der Waals surface area contributed by atoms with E-state index in [9.17, 15) is 9.90 Å². The molecule has 29 heavy (non-hydrogen) atoms. The number of hydrogen-bond donors (Lipinski definition) is 4. The number of aromatic nitrogens is 2. The fourth-order valence-corrected chi connectivity index (χ4v) is 2.63. The van der Waals surface area contributed by atoms with Crippen LogP contribution in [0.4, 0.5) is 5.82 Å². The van der Waals surface area contributed by atoms with Crippen molar-refractivity contribution in [1.29, 1.82) is 0 Å². The van der Waals surface area contributed by atoms with Crippen LogP contribution in [0, 0.1) is 6.92 Å². The third-order valence-electron chi connectivity index (χ3n) is 3.98. The molecule has 0 radical (unpaired) electrons. The Bertz CT molecular complexity index is 1030. The summed E-state index contributed by atoms with van der Waals surface area (Å²) in [5.74, 6) is 0.696. The number of phenolic OH excluding ortho intramolecular Hbond substituents is 1. The van der Waals surface area contributed by atoms with Crippen LogP contribution in [0.2, 0.25) is 0 Å². The molecule has 0 saturated heterocycles. The van der Waals surface area contributed by atoms with Gasteiger partial charge in [0, 0.05) is 22.7 Å². The third-order valence-corrected chi connectivity index (χ3v) is 3.98. The number of nitrogens with zero attached hydrogens (tertiary/aromatic N) is 2. The quantitative estimate of drug-likeness (QED) is 0.398. The average Bonchev–Trinajstić information content (AvgIpc) is 3.09. The van der Waals surface area contributed by atoms with Gasteiger partial charge in [-0.25, -0.2) is 0 Å². The van der Waals surface area contributed by atoms with Crippen molar-refractivity contribution in [3.05, 3.63) is 65.7 Å². The number of guanidine groups is 1. The first-order valence-corrected chi connectivity index (χ1v) is 9.29. The molecule has 0 aliphatic rings. The number of aryl methyl sites for hydroxylation is 1. The minimum Gasteiger partial charge on any atom is -0.508 e. The van der Waals surface area contributed by atoms with E-state index in [1.807, 2.05) is 45.9 Å². The van der Waals surface area contributed by atoms with Gasteiger partial charge in [-0.3, -0.25) is 9.89 Å². The highest BCUT2D eigenvalue weighted by Crippen LogP contribution is 2.23. The maximum atomic E-state index is 12.6. The largest absolute Gasteiger partial charge is 0.508 e. The molecule has 7 heteroatoms. The van der Waals surface area contributed by atoms with Crippen LogP contribution in [-0.4, -0.2) is 32.7 Å². The zero-order valence-corrected chi connectivity index (χ0v) is 16.9. The van der Waals surface area contributed by atoms with E-state index in [4.69, 9.17) is 0 Å². The molecule has 3 rings (SSSR count). The molecule has 7 nitrogen and oxygen atoms in total. The molecule has 0 fully saturated rings. The summed E-state index contributed by atoms with van der Waals surface area (Å²) in [5.41, 5.74) is 2.70. The lowest BCUT2D eigenvalue weighted by Crippen LogP contribution is -2.44. The molecule has 0 unspecified atom stereocenters. The average molecular weight is 391 g/mol. The van der Waals surface area contributed by atoms with Crippen LogP contribution in [-0.2, 0) is 0 Å². The first-order valence-electron chi connectivity index (χ1n) is 9.29. The number of hydrogen-bond acceptors (Lipinski definition) is 3. The highest BCUT2D eigenvalue weighted by molar-refractivity contribution is 6.06. The van der Waals surface area contributed by atoms with Gasteiger partial charge in [0.15, 0.2) is 0 Å². The summed E-state index contributed by atoms with van der Waals surface area (Å²) in [7, 11) is 0. The Labute approximate surface area is 169 Å². The molecule has 0 spiro atoms. The summed E-state index contributed by atoms with van der Waals surface area (Å²) in [4.78, 5) is 16.8. The highest BCUT2D eigenvalue weighted by atomic mass is 16.3. The first kappa shape index (κ1) is 20.1. The van der Waals surface area contributed by atoms with Crippen molar-refractivity contribution < 1.29 is 9.90 Å². The van der Waals surface area contributed by atoms with E-state index in [0.29, 0.717) is 23.0 Å². The van der Waals surface area contributed by atoms with Crippen LogP contribution in [0.15, 0.2) is 59.6 Å². The number of H-pyrrole nitrogens is 1. The summed E-state index contributed by atoms with van der Waals surface area (Å²) in [6.07, 6.45) is 0. The Morgan fingerprint density at radius 3 is 2.48 bits per heavy atom. The number of carbonyl (C=O) groups excluding carboxylic acids is 1. The summed E-state index contributed by atoms with van der Waals surface area (Å²) < 4.78 is 0. The van der Waals surface area contributed by atoms with Gasteiger partial charge in [0.25, 0.3) is 5.91 Å². The Morgan fingerprint density at radius 1 is 1.10 bits per heavy atom. The van der Waals surface area contributed by atoms with E-state index in [2.05, 4.69) is 25.8 Å². The first-order chi connectivity index (χ1) is 13.7. The summed E-state index contributed by atoms with van der Waals surface area (Å²) in [6.45, 7) is 7.90. The Hall–Kier alpha value is -3.61. The number of nitrogens with one attached hydrogen (secondary N) is 3. The number of carbonyl (C=O) groups is 1. The maximum Gasteiger partial charge on any atom is 0.280 e. The van der Waals surface area contributed by atoms with Crippen molar-refractivity contribution >= 4 is 17.7 Å². The van der Waals surface area contributed by atoms with Crippen LogP contribution < -0.4 is 10.6 Å². The smallest absolute Gasteiger partial charge is 0.280 e. The molecule has 150 valence electrons. The van der Waals surface area contributed by atoms with Crippen LogP contribution in [0.25, 0.3) is 11.3 Å². The van der Waals surface area contributed by atoms with Gasteiger partial charge in [-0.05, 0) is 52.0 Å². The number of aromatic amines is 1. The predicted octanol–water partition coefficient (Wildman–Crippen LogP) is 4.09. The molecule has 0 aliphatic carbocycles. The highest BCUT2D eigenvalue weighted by Gasteiger charge is 2.16. The van der Waals surface area contributed by atoms with Gasteiger partial charge >= 0.3 is 0 Å². The number of anilines is 1. The second-order valence-corrected chi connectivity index (χ2v) is 7.85. The molecule has 0 saturated carbocycles. The van der Waals surface area contributed by atoms with Crippen molar-refractivity contribution in [2.24, 2.45) is 4.99 Å². The molecule has 3 aromatic rings. The maximum absolute atomic E-state index is 12.6. The lowest BCUT2D eigenvalue weighted by atomic mass is 10.1. The van der Waals surface area contributed by atoms with Crippen LogP contribution in [0.1, 0.15) is 36.7 Å². The van der Waals surface area contributed by atoms with Gasteiger partial charge in [-0.2, -0.15) is 10.1 Å². The van der Waals surface area contributed by atoms with Crippen LogP contribution in [0.3, 0.4) is 0 Å². The van der Waals surface area contributed by atoms with Crippen molar-refractivity contribution in [3.8, 4) is 17.0 Å². The number of phenols is 1. The van der Waals surface area contributed by atoms with E-state index >= 15 is 0 Å². The fraction of sp³-hybridized carbons (Fsp3) is 0.227. The lowest BCUT2D eigenvalue weighted by Gasteiger charge is -2.23. The standard InChI is InChI=1S/C22H25N5O2/c1-14-8-10-15(11-9-14)20(29)24-21(25-22(2,3)4)23-19-13-18(26-27-19)16-6-5-7-17(28)12-16/h5-13,28H,1-4H3,(H3,23,24,25,26,27,29). The van der Waals surface area contributed by atoms with Crippen molar-refractivity contribution in [1.82, 2.24) is 15.5 Å². The van der Waals surface area contributed by atoms with Gasteiger partial charge < -0.3 is 15.7 Å². The minimum atomic E-state index is -0.350. The van der Waals surface area contributed by atoms with Crippen molar-refractivity contribution in [2.75, 3.05) is 5.32 Å². The molecule has 4 N–H and O–H groups in total. The summed E-state index contributed by atoms with van der Waals surface area (Å²) in [6, 6.07) is 15.9. The molecule has 1 heterocycles. The molecule has 1 aromatic heterocycles. The molecule has 2 aromatic carbocycles. The van der Waals surface area contributed by atoms with E-state index in [0.717, 1.165) is 11.1 Å². The number of aliphatic imine (C=N–C) groups is 1. The summed E-state index contributed by atoms with van der Waals surface area (Å²) >= 11 is 0. The number of benzene rings is 2. The SMILES string of the molecule is Cc1ccc(C(=O)/N=C(\Nc2cc(-c3cccc(O)c3)n[nH]2)NC(C)(C)C)cc1. The van der Waals surface area contributed by atoms with Gasteiger partial charge in [0.2, 0.25) is 5.96 Å². The lowest BCUT2D eigenvalue weighted by molar-refractivity contribution is 0.100. The fourth-order valence-electron chi connectivity index (χ4n) is 2.63. The molecular formula is C22H25N5O2. The third kappa shape index (κ3) is 5.68. The van der Waals surface area contributed by atoms with Crippen LogP contribution >= 0.6 is 0 Å². The van der Waals surface area contributed by atoms with Crippen molar-refractivity contribution in [3.63, 3.8) is 0 Å². The van der Waals surface area contributed by atoms with Crippen LogP contribution in [0.5, 0.6) is 5.75 Å². The second-order valence-electron chi connectivity index (χ2n) is 7.85. The van der Waals surface area contributed by atoms with E-state index in [-0.39, 0.29) is 17.2 Å². The molecule has 0 aliphatic heterocycles. The number of rotatable bonds is 3. The number of aromatic hydroxyl groups is 1. The second kappa shape index (κ2) is 8.18. The topological polar surface area (TPSA) is 102 Å². The molecule has 1 amide bonds.